The predicted molar refractivity (Wildman–Crippen MR) is 161 cm³/mol. The zero-order valence-corrected chi connectivity index (χ0v) is 24.3. The maximum atomic E-state index is 13.6. The first kappa shape index (κ1) is 27.3. The number of rotatable bonds is 7. The van der Waals surface area contributed by atoms with E-state index in [1.165, 1.54) is 0 Å². The molecular formula is C30H38N6O2S. The Morgan fingerprint density at radius 3 is 2.51 bits per heavy atom. The molecule has 0 atom stereocenters. The molecule has 0 spiro atoms. The first-order chi connectivity index (χ1) is 18.7. The van der Waals surface area contributed by atoms with E-state index in [0.29, 0.717) is 16.4 Å². The lowest BCUT2D eigenvalue weighted by Gasteiger charge is -2.33. The number of aromatic nitrogens is 2. The van der Waals surface area contributed by atoms with Gasteiger partial charge in [0.2, 0.25) is 0 Å². The number of carbonyl (C=O) groups is 1. The van der Waals surface area contributed by atoms with Crippen molar-refractivity contribution in [2.45, 2.75) is 45.9 Å². The van der Waals surface area contributed by atoms with Crippen molar-refractivity contribution >= 4 is 29.4 Å². The summed E-state index contributed by atoms with van der Waals surface area (Å²) in [6.45, 7) is 13.2. The van der Waals surface area contributed by atoms with Crippen LogP contribution in [0, 0.1) is 13.8 Å². The van der Waals surface area contributed by atoms with Gasteiger partial charge >= 0.3 is 0 Å². The second-order valence-corrected chi connectivity index (χ2v) is 12.4. The molecule has 0 bridgehead atoms. The fraction of sp³-hybridized carbons (Fsp3) is 0.433. The lowest BCUT2D eigenvalue weighted by atomic mass is 9.97. The number of fused-ring (bicyclic) bond motifs is 1. The summed E-state index contributed by atoms with van der Waals surface area (Å²) in [5.74, 6) is 0.826. The number of likely N-dealkylation sites (N-methyl/N-ethyl adjacent to an activating group) is 1. The Kier molecular flexibility index (Phi) is 8.00. The number of amides is 1. The first-order valence-electron chi connectivity index (χ1n) is 13.7. The van der Waals surface area contributed by atoms with Crippen LogP contribution in [0.25, 0.3) is 11.1 Å². The molecule has 0 saturated carbocycles. The molecule has 206 valence electrons. The predicted octanol–water partition coefficient (Wildman–Crippen LogP) is 4.15. The fourth-order valence-corrected chi connectivity index (χ4v) is 6.34. The van der Waals surface area contributed by atoms with Crippen molar-refractivity contribution in [1.29, 1.82) is 0 Å². The third-order valence-electron chi connectivity index (χ3n) is 7.47. The number of nitrogens with zero attached hydrogens (tertiary/aromatic N) is 4. The van der Waals surface area contributed by atoms with E-state index in [9.17, 15) is 9.59 Å². The number of aromatic amines is 1. The number of hydrogen-bond acceptors (Lipinski definition) is 7. The molecule has 3 aromatic rings. The minimum absolute atomic E-state index is 0.155. The first-order valence-corrected chi connectivity index (χ1v) is 14.5. The van der Waals surface area contributed by atoms with E-state index in [1.54, 1.807) is 11.9 Å². The number of piperazine rings is 1. The fourth-order valence-electron chi connectivity index (χ4n) is 5.35. The van der Waals surface area contributed by atoms with E-state index in [-0.39, 0.29) is 18.0 Å². The number of carbonyl (C=O) groups excluding carboxylic acids is 1. The maximum Gasteiger partial charge on any atom is 0.253 e. The van der Waals surface area contributed by atoms with Crippen molar-refractivity contribution in [2.75, 3.05) is 49.0 Å². The van der Waals surface area contributed by atoms with Gasteiger partial charge in [0.1, 0.15) is 5.82 Å². The van der Waals surface area contributed by atoms with Crippen LogP contribution in [0.4, 0.5) is 11.5 Å². The van der Waals surface area contributed by atoms with Gasteiger partial charge < -0.3 is 24.4 Å². The Balaban J connectivity index is 1.45. The van der Waals surface area contributed by atoms with E-state index in [4.69, 9.17) is 4.98 Å². The molecule has 4 heterocycles. The van der Waals surface area contributed by atoms with Crippen molar-refractivity contribution < 1.29 is 4.79 Å². The van der Waals surface area contributed by atoms with E-state index in [0.717, 1.165) is 78.6 Å². The van der Waals surface area contributed by atoms with Crippen LogP contribution in [0.5, 0.6) is 0 Å². The van der Waals surface area contributed by atoms with E-state index >= 15 is 0 Å². The second-order valence-electron chi connectivity index (χ2n) is 10.8. The van der Waals surface area contributed by atoms with Gasteiger partial charge in [0.25, 0.3) is 11.5 Å². The summed E-state index contributed by atoms with van der Waals surface area (Å²) >= 11 is 1.80. The summed E-state index contributed by atoms with van der Waals surface area (Å²) in [6.07, 6.45) is 2.73. The number of pyridine rings is 2. The quantitative estimate of drug-likeness (QED) is 0.431. The molecule has 2 aliphatic heterocycles. The van der Waals surface area contributed by atoms with Gasteiger partial charge in [0, 0.05) is 73.1 Å². The Hall–Kier alpha value is -3.30. The number of aryl methyl sites for hydroxylation is 2. The topological polar surface area (TPSA) is 84.6 Å². The van der Waals surface area contributed by atoms with Crippen molar-refractivity contribution in [1.82, 2.24) is 20.2 Å². The highest BCUT2D eigenvalue weighted by atomic mass is 32.2. The van der Waals surface area contributed by atoms with Crippen LogP contribution >= 0.6 is 11.9 Å². The van der Waals surface area contributed by atoms with Crippen LogP contribution in [0.2, 0.25) is 0 Å². The number of H-pyrrole nitrogens is 1. The smallest absolute Gasteiger partial charge is 0.253 e. The van der Waals surface area contributed by atoms with Crippen LogP contribution in [-0.2, 0) is 13.0 Å². The van der Waals surface area contributed by atoms with Crippen molar-refractivity contribution in [3.63, 3.8) is 0 Å². The molecule has 9 heteroatoms. The normalized spacial score (nSPS) is 15.6. The lowest BCUT2D eigenvalue weighted by molar-refractivity contribution is 0.0950. The molecule has 1 saturated heterocycles. The van der Waals surface area contributed by atoms with E-state index in [2.05, 4.69) is 63.5 Å². The lowest BCUT2D eigenvalue weighted by Crippen LogP contribution is -2.44. The van der Waals surface area contributed by atoms with Crippen LogP contribution in [-0.4, -0.2) is 65.8 Å². The molecule has 5 rings (SSSR count). The number of anilines is 2. The van der Waals surface area contributed by atoms with Crippen LogP contribution in [0.3, 0.4) is 0 Å². The maximum absolute atomic E-state index is 13.6. The standard InChI is InChI=1S/C30H38N6O2S/c1-19(2)39-36-9-8-24-25(29(37)32-18-26-20(3)14-21(4)33-30(26)38)15-23(16-27(24)36)22-6-7-28(31-17-22)35-12-10-34(5)11-13-35/h6-7,14-17,19H,8-13,18H2,1-5H3,(H,32,37)(H,33,38). The minimum Gasteiger partial charge on any atom is -0.354 e. The molecule has 0 aliphatic carbocycles. The van der Waals surface area contributed by atoms with Gasteiger partial charge in [0.05, 0.1) is 5.69 Å². The summed E-state index contributed by atoms with van der Waals surface area (Å²) in [5, 5.41) is 3.45. The molecule has 2 aromatic heterocycles. The van der Waals surface area contributed by atoms with Gasteiger partial charge in [0.15, 0.2) is 0 Å². The third-order valence-corrected chi connectivity index (χ3v) is 8.53. The Morgan fingerprint density at radius 2 is 1.85 bits per heavy atom. The molecule has 2 N–H and O–H groups in total. The summed E-state index contributed by atoms with van der Waals surface area (Å²) in [4.78, 5) is 38.4. The average Bonchev–Trinajstić information content (AvgIpc) is 3.30. The molecule has 39 heavy (non-hydrogen) atoms. The highest BCUT2D eigenvalue weighted by Gasteiger charge is 2.27. The van der Waals surface area contributed by atoms with Crippen LogP contribution in [0.15, 0.2) is 41.3 Å². The van der Waals surface area contributed by atoms with Gasteiger partial charge in [-0.05, 0) is 86.3 Å². The van der Waals surface area contributed by atoms with Crippen molar-refractivity contribution in [3.8, 4) is 11.1 Å². The van der Waals surface area contributed by atoms with Crippen molar-refractivity contribution in [2.24, 2.45) is 0 Å². The molecule has 0 unspecified atom stereocenters. The van der Waals surface area contributed by atoms with Crippen LogP contribution < -0.4 is 20.1 Å². The van der Waals surface area contributed by atoms with E-state index < -0.39 is 0 Å². The highest BCUT2D eigenvalue weighted by Crippen LogP contribution is 2.40. The molecule has 1 aromatic carbocycles. The molecule has 1 amide bonds. The monoisotopic (exact) mass is 546 g/mol. The van der Waals surface area contributed by atoms with E-state index in [1.807, 2.05) is 32.2 Å². The summed E-state index contributed by atoms with van der Waals surface area (Å²) in [5.41, 5.74) is 6.88. The second kappa shape index (κ2) is 11.4. The third kappa shape index (κ3) is 5.99. The molecule has 2 aliphatic rings. The zero-order valence-electron chi connectivity index (χ0n) is 23.5. The van der Waals surface area contributed by atoms with Crippen molar-refractivity contribution in [3.05, 3.63) is 74.8 Å². The molecule has 8 nitrogen and oxygen atoms in total. The van der Waals surface area contributed by atoms with Gasteiger partial charge in [-0.25, -0.2) is 4.98 Å². The summed E-state index contributed by atoms with van der Waals surface area (Å²) in [6, 6.07) is 10.3. The highest BCUT2D eigenvalue weighted by molar-refractivity contribution is 8.01. The average molecular weight is 547 g/mol. The largest absolute Gasteiger partial charge is 0.354 e. The number of nitrogens with one attached hydrogen (secondary N) is 2. The SMILES string of the molecule is Cc1cc(C)c(CNC(=O)c2cc(-c3ccc(N4CCN(C)CC4)nc3)cc3c2CCN3SC(C)C)c(=O)[nH]1. The summed E-state index contributed by atoms with van der Waals surface area (Å²) in [7, 11) is 2.15. The number of benzene rings is 1. The Labute approximate surface area is 234 Å². The Bertz CT molecular complexity index is 1410. The number of hydrogen-bond donors (Lipinski definition) is 2. The summed E-state index contributed by atoms with van der Waals surface area (Å²) < 4.78 is 2.31. The van der Waals surface area contributed by atoms with Gasteiger partial charge in [-0.2, -0.15) is 0 Å². The molecule has 0 radical (unpaired) electrons. The minimum atomic E-state index is -0.161. The van der Waals surface area contributed by atoms with Gasteiger partial charge in [-0.3, -0.25) is 9.59 Å². The molecular weight excluding hydrogens is 508 g/mol. The van der Waals surface area contributed by atoms with Gasteiger partial charge in [-0.15, -0.1) is 0 Å². The van der Waals surface area contributed by atoms with Gasteiger partial charge in [-0.1, -0.05) is 13.8 Å². The molecule has 1 fully saturated rings. The Morgan fingerprint density at radius 1 is 1.08 bits per heavy atom. The van der Waals surface area contributed by atoms with Crippen LogP contribution in [0.1, 0.15) is 46.6 Å². The zero-order chi connectivity index (χ0) is 27.7.